The molecule has 0 bridgehead atoms. The Bertz CT molecular complexity index is 2810. The van der Waals surface area contributed by atoms with E-state index in [1.165, 1.54) is 34.9 Å². The lowest BCUT2D eigenvalue weighted by molar-refractivity contribution is -0.694. The van der Waals surface area contributed by atoms with Crippen LogP contribution >= 0.6 is 0 Å². The van der Waals surface area contributed by atoms with Crippen molar-refractivity contribution in [1.82, 2.24) is 0 Å². The van der Waals surface area contributed by atoms with Crippen LogP contribution < -0.4 is 26.4 Å². The Morgan fingerprint density at radius 1 is 0.346 bits per heavy atom. The Morgan fingerprint density at radius 3 is 0.910 bits per heavy atom. The molecule has 0 unspecified atom stereocenters. The summed E-state index contributed by atoms with van der Waals surface area (Å²) in [4.78, 5) is 0. The summed E-state index contributed by atoms with van der Waals surface area (Å²) in [5.41, 5.74) is -27.4. The van der Waals surface area contributed by atoms with Crippen LogP contribution in [0.3, 0.4) is 0 Å². The van der Waals surface area contributed by atoms with Gasteiger partial charge in [-0.05, 0) is 42.1 Å². The van der Waals surface area contributed by atoms with Gasteiger partial charge in [-0.2, -0.15) is 132 Å². The second kappa shape index (κ2) is 21.4. The van der Waals surface area contributed by atoms with Crippen molar-refractivity contribution in [1.29, 1.82) is 0 Å². The molecule has 0 aliphatic carbocycles. The number of hydrogen-bond donors (Lipinski definition) is 0. The summed E-state index contributed by atoms with van der Waals surface area (Å²) in [7, 11) is 0. The maximum Gasteiger partial charge on any atom is 0.416 e. The van der Waals surface area contributed by atoms with Crippen LogP contribution in [-0.4, -0.2) is 6.15 Å². The van der Waals surface area contributed by atoms with E-state index in [0.717, 1.165) is 13.0 Å². The van der Waals surface area contributed by atoms with E-state index < -0.39 is 195 Å². The summed E-state index contributed by atoms with van der Waals surface area (Å²) in [6, 6.07) is 12.8. The SMILES string of the molecule is CCCCc1c2ccccc2cc[n+]1Cc1ccccc1.FC(F)(F)c1cc([B-](c2cc(C(F)(F)F)cc(C(F)(F)F)c2)(c2cc(C(F)(F)F)cc(C(F)(F)F)c2)c2cc(C(F)(F)F)cc(C(F)(F)F)c2)cc(C(F)(F)F)c1. The molecule has 0 aliphatic heterocycles. The van der Waals surface area contributed by atoms with Crippen LogP contribution in [0.25, 0.3) is 10.8 Å². The number of nitrogens with zero attached hydrogens (tertiary/aromatic N) is 1. The first-order valence-electron chi connectivity index (χ1n) is 22.4. The average Bonchev–Trinajstić information content (AvgIpc) is 3.32. The lowest BCUT2D eigenvalue weighted by atomic mass is 9.12. The lowest BCUT2D eigenvalue weighted by Crippen LogP contribution is -2.75. The van der Waals surface area contributed by atoms with Gasteiger partial charge in [0.2, 0.25) is 0 Å². The predicted molar refractivity (Wildman–Crippen MR) is 238 cm³/mol. The van der Waals surface area contributed by atoms with E-state index in [1.807, 2.05) is 0 Å². The zero-order valence-electron chi connectivity index (χ0n) is 39.2. The molecule has 1 heterocycles. The van der Waals surface area contributed by atoms with Crippen LogP contribution in [0, 0.1) is 0 Å². The van der Waals surface area contributed by atoms with Crippen molar-refractivity contribution < 1.29 is 110 Å². The van der Waals surface area contributed by atoms with Gasteiger partial charge in [-0.25, -0.2) is 0 Å². The molecule has 418 valence electrons. The number of rotatable bonds is 9. The van der Waals surface area contributed by atoms with Crippen LogP contribution in [0.1, 0.15) is 75.5 Å². The lowest BCUT2D eigenvalue weighted by Gasteiger charge is -2.46. The zero-order chi connectivity index (χ0) is 58.4. The molecule has 7 rings (SSSR count). The minimum Gasteiger partial charge on any atom is -0.198 e. The zero-order valence-corrected chi connectivity index (χ0v) is 39.2. The minimum atomic E-state index is -6.13. The van der Waals surface area contributed by atoms with Gasteiger partial charge >= 0.3 is 49.4 Å². The number of alkyl halides is 24. The predicted octanol–water partition coefficient (Wildman–Crippen LogP) is 15.7. The van der Waals surface area contributed by atoms with Crippen molar-refractivity contribution in [2.75, 3.05) is 0 Å². The fourth-order valence-electron chi connectivity index (χ4n) is 8.94. The van der Waals surface area contributed by atoms with Gasteiger partial charge in [0.25, 0.3) is 0 Å². The summed E-state index contributed by atoms with van der Waals surface area (Å²) in [5.74, 6) is 0. The maximum atomic E-state index is 14.2. The summed E-state index contributed by atoms with van der Waals surface area (Å²) in [5, 5.41) is 2.73. The van der Waals surface area contributed by atoms with Gasteiger partial charge in [0.05, 0.1) is 44.5 Å². The standard InChI is InChI=1S/C32H12BF24.C20H22N/c34-25(35,36)13-1-14(26(37,38)39)6-21(5-13)33(22-7-15(27(40,41)42)2-16(8-22)28(43,44)45,23-9-17(29(46,47)48)3-18(10-23)30(49,50)51)24-11-19(31(52,53)54)4-20(12-24)32(55,56)57;1-2-3-13-20-19-12-8-7-11-18(19)14-15-21(20)16-17-9-5-4-6-10-17/h1-12H;4-12,14-15H,2-3,13,16H2,1H3/q-1;+1. The van der Waals surface area contributed by atoms with Crippen LogP contribution in [-0.2, 0) is 62.4 Å². The Kier molecular flexibility index (Phi) is 16.6. The molecule has 26 heteroatoms. The number of benzene rings is 6. The van der Waals surface area contributed by atoms with Gasteiger partial charge in [-0.15, -0.1) is 0 Å². The molecule has 78 heavy (non-hydrogen) atoms. The summed E-state index contributed by atoms with van der Waals surface area (Å²) < 4.78 is 343. The van der Waals surface area contributed by atoms with E-state index in [0.29, 0.717) is 0 Å². The minimum absolute atomic E-state index is 0.691. The van der Waals surface area contributed by atoms with Gasteiger partial charge in [0, 0.05) is 23.4 Å². The number of halogens is 24. The molecule has 0 N–H and O–H groups in total. The van der Waals surface area contributed by atoms with Gasteiger partial charge < -0.3 is 0 Å². The molecule has 0 saturated carbocycles. The number of aromatic nitrogens is 1. The quantitative estimate of drug-likeness (QED) is 0.0771. The molecular weight excluding hydrogens is 1110 g/mol. The third-order valence-electron chi connectivity index (χ3n) is 12.5. The van der Waals surface area contributed by atoms with Gasteiger partial charge in [0.1, 0.15) is 6.15 Å². The molecule has 6 aromatic carbocycles. The molecule has 0 fully saturated rings. The van der Waals surface area contributed by atoms with E-state index in [2.05, 4.69) is 78.4 Å². The first-order chi connectivity index (χ1) is 35.6. The number of unbranched alkanes of at least 4 members (excludes halogenated alkanes) is 1. The molecule has 0 aliphatic rings. The molecule has 0 radical (unpaired) electrons. The Balaban J connectivity index is 0.000000387. The molecule has 0 amide bonds. The smallest absolute Gasteiger partial charge is 0.198 e. The number of fused-ring (bicyclic) bond motifs is 1. The highest BCUT2D eigenvalue weighted by molar-refractivity contribution is 7.20. The highest BCUT2D eigenvalue weighted by atomic mass is 19.4. The van der Waals surface area contributed by atoms with Crippen molar-refractivity contribution in [3.8, 4) is 0 Å². The summed E-state index contributed by atoms with van der Waals surface area (Å²) in [6.45, 7) is 3.21. The maximum absolute atomic E-state index is 14.2. The van der Waals surface area contributed by atoms with E-state index in [9.17, 15) is 105 Å². The Hall–Kier alpha value is -6.89. The van der Waals surface area contributed by atoms with E-state index in [4.69, 9.17) is 0 Å². The number of hydrogen-bond acceptors (Lipinski definition) is 0. The first-order valence-corrected chi connectivity index (χ1v) is 22.4. The third kappa shape index (κ3) is 13.7. The fourth-order valence-corrected chi connectivity index (χ4v) is 8.94. The monoisotopic (exact) mass is 1140 g/mol. The van der Waals surface area contributed by atoms with E-state index in [-0.39, 0.29) is 0 Å². The molecule has 1 nitrogen and oxygen atoms in total. The molecule has 0 spiro atoms. The molecular formula is C52H34BF24N. The van der Waals surface area contributed by atoms with Crippen molar-refractivity contribution in [2.24, 2.45) is 0 Å². The van der Waals surface area contributed by atoms with Gasteiger partial charge in [-0.3, -0.25) is 0 Å². The average molecular weight is 1140 g/mol. The highest BCUT2D eigenvalue weighted by Gasteiger charge is 2.47. The van der Waals surface area contributed by atoms with Crippen molar-refractivity contribution >= 4 is 38.8 Å². The topological polar surface area (TPSA) is 3.88 Å². The number of aryl methyl sites for hydroxylation is 1. The second-order valence-electron chi connectivity index (χ2n) is 17.8. The largest absolute Gasteiger partial charge is 0.416 e. The van der Waals surface area contributed by atoms with Crippen molar-refractivity contribution in [2.45, 2.75) is 82.1 Å². The Morgan fingerprint density at radius 2 is 0.628 bits per heavy atom. The molecule has 1 aromatic heterocycles. The molecule has 7 aromatic rings. The Labute approximate surface area is 425 Å². The highest BCUT2D eigenvalue weighted by Crippen LogP contribution is 2.41. The van der Waals surface area contributed by atoms with Gasteiger partial charge in [-0.1, -0.05) is 110 Å². The fraction of sp³-hybridized carbons (Fsp3) is 0.250. The third-order valence-corrected chi connectivity index (χ3v) is 12.5. The molecule has 0 atom stereocenters. The summed E-state index contributed by atoms with van der Waals surface area (Å²) in [6.07, 6.45) is -49.0. The van der Waals surface area contributed by atoms with Crippen LogP contribution in [0.4, 0.5) is 105 Å². The van der Waals surface area contributed by atoms with Crippen molar-refractivity contribution in [3.05, 3.63) is 195 Å². The van der Waals surface area contributed by atoms with Gasteiger partial charge in [0.15, 0.2) is 18.4 Å². The van der Waals surface area contributed by atoms with Crippen LogP contribution in [0.5, 0.6) is 0 Å². The van der Waals surface area contributed by atoms with E-state index >= 15 is 0 Å². The van der Waals surface area contributed by atoms with Crippen molar-refractivity contribution in [3.63, 3.8) is 0 Å². The first kappa shape index (κ1) is 60.3. The molecule has 0 saturated heterocycles. The van der Waals surface area contributed by atoms with E-state index in [1.54, 1.807) is 0 Å². The normalized spacial score (nSPS) is 13.4. The van der Waals surface area contributed by atoms with Crippen LogP contribution in [0.2, 0.25) is 0 Å². The number of pyridine rings is 1. The van der Waals surface area contributed by atoms with Crippen LogP contribution in [0.15, 0.2) is 140 Å². The second-order valence-corrected chi connectivity index (χ2v) is 17.8. The summed E-state index contributed by atoms with van der Waals surface area (Å²) >= 11 is 0.